The van der Waals surface area contributed by atoms with E-state index in [1.54, 1.807) is 21.3 Å². The van der Waals surface area contributed by atoms with E-state index in [0.29, 0.717) is 60.2 Å². The van der Waals surface area contributed by atoms with Gasteiger partial charge in [0.25, 0.3) is 5.56 Å². The highest BCUT2D eigenvalue weighted by molar-refractivity contribution is 7.17. The van der Waals surface area contributed by atoms with Crippen LogP contribution in [-0.4, -0.2) is 67.1 Å². The zero-order valence-electron chi connectivity index (χ0n) is 20.7. The normalized spacial score (nSPS) is 12.2. The van der Waals surface area contributed by atoms with Crippen LogP contribution >= 0.6 is 11.3 Å². The van der Waals surface area contributed by atoms with Crippen molar-refractivity contribution in [3.8, 4) is 22.6 Å². The molecule has 0 bridgehead atoms. The van der Waals surface area contributed by atoms with Crippen molar-refractivity contribution in [3.05, 3.63) is 75.7 Å². The molecule has 0 radical (unpaired) electrons. The Morgan fingerprint density at radius 2 is 1.86 bits per heavy atom. The van der Waals surface area contributed by atoms with Gasteiger partial charge in [0.05, 0.1) is 38.9 Å². The van der Waals surface area contributed by atoms with Gasteiger partial charge in [-0.15, -0.1) is 11.3 Å². The maximum absolute atomic E-state index is 13.2. The highest BCUT2D eigenvalue weighted by atomic mass is 32.1. The summed E-state index contributed by atoms with van der Waals surface area (Å²) in [6.07, 6.45) is -0.00879. The molecule has 4 aromatic rings. The van der Waals surface area contributed by atoms with Crippen molar-refractivity contribution >= 4 is 21.6 Å². The highest BCUT2D eigenvalue weighted by Gasteiger charge is 2.18. The van der Waals surface area contributed by atoms with Gasteiger partial charge in [0.1, 0.15) is 10.7 Å². The van der Waals surface area contributed by atoms with Crippen molar-refractivity contribution < 1.29 is 19.3 Å². The van der Waals surface area contributed by atoms with E-state index >= 15 is 0 Å². The van der Waals surface area contributed by atoms with Gasteiger partial charge < -0.3 is 24.3 Å². The molecule has 0 spiro atoms. The highest BCUT2D eigenvalue weighted by Crippen LogP contribution is 2.36. The smallest absolute Gasteiger partial charge is 0.260 e. The molecule has 0 saturated carbocycles. The fourth-order valence-corrected chi connectivity index (χ4v) is 5.17. The van der Waals surface area contributed by atoms with Crippen molar-refractivity contribution in [2.24, 2.45) is 0 Å². The summed E-state index contributed by atoms with van der Waals surface area (Å²) >= 11 is 1.43. The molecule has 2 aromatic carbocycles. The Labute approximate surface area is 214 Å². The molecule has 0 amide bonds. The summed E-state index contributed by atoms with van der Waals surface area (Å²) in [6, 6.07) is 15.5. The van der Waals surface area contributed by atoms with E-state index in [9.17, 15) is 9.90 Å². The topological polar surface area (TPSA) is 96.9 Å². The number of nitrogens with zero attached hydrogens (tertiary/aromatic N) is 2. The molecule has 0 aliphatic heterocycles. The van der Waals surface area contributed by atoms with Gasteiger partial charge in [-0.25, -0.2) is 4.98 Å². The molecule has 0 aliphatic carbocycles. The standard InChI is InChI=1S/C27H31N3O5S/c1-33-12-11-30(15-20(31)13-18-7-5-4-6-8-18)16-24-28-26(32)25-21(17-36-27(25)29-24)19-9-10-22(34-2)23(14-19)35-3/h4-10,14,17,20,31H,11-13,15-16H2,1-3H3,(H,28,29,32)/t20-/m0/s1. The average molecular weight is 510 g/mol. The van der Waals surface area contributed by atoms with Crippen LogP contribution in [0, 0.1) is 0 Å². The van der Waals surface area contributed by atoms with E-state index in [-0.39, 0.29) is 5.56 Å². The third kappa shape index (κ3) is 6.11. The number of aromatic nitrogens is 2. The van der Waals surface area contributed by atoms with Crippen LogP contribution in [0.25, 0.3) is 21.3 Å². The van der Waals surface area contributed by atoms with E-state index in [0.717, 1.165) is 16.7 Å². The summed E-state index contributed by atoms with van der Waals surface area (Å²) in [7, 11) is 4.82. The van der Waals surface area contributed by atoms with E-state index < -0.39 is 6.10 Å². The van der Waals surface area contributed by atoms with Gasteiger partial charge in [-0.05, 0) is 29.7 Å². The van der Waals surface area contributed by atoms with Crippen LogP contribution in [0.3, 0.4) is 0 Å². The van der Waals surface area contributed by atoms with Gasteiger partial charge in [-0.2, -0.15) is 0 Å². The summed E-state index contributed by atoms with van der Waals surface area (Å²) in [5.74, 6) is 1.77. The molecular formula is C27H31N3O5S. The van der Waals surface area contributed by atoms with Gasteiger partial charge in [0.15, 0.2) is 11.5 Å². The molecule has 2 heterocycles. The Balaban J connectivity index is 1.56. The maximum Gasteiger partial charge on any atom is 0.260 e. The minimum absolute atomic E-state index is 0.197. The number of rotatable bonds is 12. The molecule has 9 heteroatoms. The summed E-state index contributed by atoms with van der Waals surface area (Å²) in [5.41, 5.74) is 2.53. The summed E-state index contributed by atoms with van der Waals surface area (Å²) < 4.78 is 16.0. The second kappa shape index (κ2) is 12.1. The van der Waals surface area contributed by atoms with Crippen molar-refractivity contribution in [2.75, 3.05) is 41.0 Å². The predicted molar refractivity (Wildman–Crippen MR) is 142 cm³/mol. The molecule has 2 aromatic heterocycles. The molecule has 0 fully saturated rings. The Bertz CT molecular complexity index is 1340. The maximum atomic E-state index is 13.2. The van der Waals surface area contributed by atoms with Crippen LogP contribution in [0.1, 0.15) is 11.4 Å². The second-order valence-electron chi connectivity index (χ2n) is 8.48. The van der Waals surface area contributed by atoms with Gasteiger partial charge >= 0.3 is 0 Å². The van der Waals surface area contributed by atoms with Crippen LogP contribution < -0.4 is 15.0 Å². The number of fused-ring (bicyclic) bond motifs is 1. The number of ether oxygens (including phenoxy) is 3. The van der Waals surface area contributed by atoms with Crippen molar-refractivity contribution in [2.45, 2.75) is 19.1 Å². The fraction of sp³-hybridized carbons (Fsp3) is 0.333. The number of H-pyrrole nitrogens is 1. The van der Waals surface area contributed by atoms with E-state index in [1.807, 2.05) is 58.8 Å². The van der Waals surface area contributed by atoms with Gasteiger partial charge in [0, 0.05) is 31.1 Å². The van der Waals surface area contributed by atoms with Crippen molar-refractivity contribution in [3.63, 3.8) is 0 Å². The van der Waals surface area contributed by atoms with Crippen LogP contribution in [0.5, 0.6) is 11.5 Å². The third-order valence-corrected chi connectivity index (χ3v) is 6.83. The number of thiophene rings is 1. The van der Waals surface area contributed by atoms with E-state index in [1.165, 1.54) is 11.3 Å². The minimum Gasteiger partial charge on any atom is -0.493 e. The zero-order valence-corrected chi connectivity index (χ0v) is 21.5. The van der Waals surface area contributed by atoms with Gasteiger partial charge in [-0.1, -0.05) is 36.4 Å². The number of nitrogens with one attached hydrogen (secondary N) is 1. The fourth-order valence-electron chi connectivity index (χ4n) is 4.20. The monoisotopic (exact) mass is 509 g/mol. The quantitative estimate of drug-likeness (QED) is 0.300. The molecule has 0 saturated heterocycles. The first kappa shape index (κ1) is 25.8. The predicted octanol–water partition coefficient (Wildman–Crippen LogP) is 3.72. The van der Waals surface area contributed by atoms with Crippen LogP contribution in [0.15, 0.2) is 58.7 Å². The lowest BCUT2D eigenvalue weighted by molar-refractivity contribution is 0.0837. The van der Waals surface area contributed by atoms with Gasteiger partial charge in [-0.3, -0.25) is 9.69 Å². The molecule has 4 rings (SSSR count). The molecule has 36 heavy (non-hydrogen) atoms. The Morgan fingerprint density at radius 3 is 2.58 bits per heavy atom. The van der Waals surface area contributed by atoms with Crippen LogP contribution in [0.2, 0.25) is 0 Å². The second-order valence-corrected chi connectivity index (χ2v) is 9.34. The lowest BCUT2D eigenvalue weighted by atomic mass is 10.1. The SMILES string of the molecule is COCCN(Cc1nc2scc(-c3ccc(OC)c(OC)c3)c2c(=O)[nH]1)C[C@@H](O)Cc1ccccc1. The van der Waals surface area contributed by atoms with E-state index in [2.05, 4.69) is 4.98 Å². The number of aliphatic hydroxyl groups is 1. The third-order valence-electron chi connectivity index (χ3n) is 5.96. The molecule has 0 aliphatic rings. The Kier molecular flexibility index (Phi) is 8.71. The zero-order chi connectivity index (χ0) is 25.5. The number of benzene rings is 2. The van der Waals surface area contributed by atoms with Crippen LogP contribution in [-0.2, 0) is 17.7 Å². The number of aliphatic hydroxyl groups excluding tert-OH is 1. The van der Waals surface area contributed by atoms with Gasteiger partial charge in [0.2, 0.25) is 0 Å². The molecular weight excluding hydrogens is 478 g/mol. The number of aromatic amines is 1. The van der Waals surface area contributed by atoms with Crippen LogP contribution in [0.4, 0.5) is 0 Å². The molecule has 1 atom stereocenters. The number of hydrogen-bond donors (Lipinski definition) is 2. The lowest BCUT2D eigenvalue weighted by Gasteiger charge is -2.24. The largest absolute Gasteiger partial charge is 0.493 e. The Hall–Kier alpha value is -3.24. The Morgan fingerprint density at radius 1 is 1.08 bits per heavy atom. The summed E-state index contributed by atoms with van der Waals surface area (Å²) in [4.78, 5) is 23.5. The first-order chi connectivity index (χ1) is 17.5. The molecule has 190 valence electrons. The van der Waals surface area contributed by atoms with Crippen molar-refractivity contribution in [1.82, 2.24) is 14.9 Å². The number of methoxy groups -OCH3 is 3. The summed E-state index contributed by atoms with van der Waals surface area (Å²) in [6.45, 7) is 1.93. The molecule has 2 N–H and O–H groups in total. The molecule has 0 unspecified atom stereocenters. The van der Waals surface area contributed by atoms with Crippen molar-refractivity contribution in [1.29, 1.82) is 0 Å². The average Bonchev–Trinajstić information content (AvgIpc) is 3.32. The van der Waals surface area contributed by atoms with E-state index in [4.69, 9.17) is 19.2 Å². The minimum atomic E-state index is -0.557. The number of hydrogen-bond acceptors (Lipinski definition) is 8. The lowest BCUT2D eigenvalue weighted by Crippen LogP contribution is -2.36. The first-order valence-corrected chi connectivity index (χ1v) is 12.6. The first-order valence-electron chi connectivity index (χ1n) is 11.7. The summed E-state index contributed by atoms with van der Waals surface area (Å²) in [5, 5.41) is 13.2. The molecule has 8 nitrogen and oxygen atoms in total.